The SMILES string of the molecule is O=C(NCc1ccncc1OCC1CCOC1)c1cnn2cccnc12. The second-order valence-corrected chi connectivity index (χ2v) is 6.15. The van der Waals surface area contributed by atoms with Gasteiger partial charge in [0.15, 0.2) is 5.65 Å². The molecule has 134 valence electrons. The van der Waals surface area contributed by atoms with Gasteiger partial charge in [-0.05, 0) is 18.6 Å². The Kier molecular flexibility index (Phi) is 4.74. The van der Waals surface area contributed by atoms with Crippen LogP contribution in [0.4, 0.5) is 0 Å². The van der Waals surface area contributed by atoms with Gasteiger partial charge in [-0.3, -0.25) is 9.78 Å². The smallest absolute Gasteiger partial charge is 0.257 e. The van der Waals surface area contributed by atoms with E-state index in [9.17, 15) is 4.79 Å². The van der Waals surface area contributed by atoms with Gasteiger partial charge in [0.2, 0.25) is 0 Å². The molecule has 8 heteroatoms. The predicted octanol–water partition coefficient (Wildman–Crippen LogP) is 1.47. The lowest BCUT2D eigenvalue weighted by Gasteiger charge is -2.14. The highest BCUT2D eigenvalue weighted by Crippen LogP contribution is 2.20. The van der Waals surface area contributed by atoms with Crippen molar-refractivity contribution in [2.45, 2.75) is 13.0 Å². The first kappa shape index (κ1) is 16.5. The largest absolute Gasteiger partial charge is 0.491 e. The summed E-state index contributed by atoms with van der Waals surface area (Å²) in [7, 11) is 0. The van der Waals surface area contributed by atoms with Crippen LogP contribution in [0.25, 0.3) is 5.65 Å². The second-order valence-electron chi connectivity index (χ2n) is 6.15. The third kappa shape index (κ3) is 3.50. The minimum Gasteiger partial charge on any atom is -0.491 e. The quantitative estimate of drug-likeness (QED) is 0.722. The van der Waals surface area contributed by atoms with Gasteiger partial charge in [-0.15, -0.1) is 0 Å². The van der Waals surface area contributed by atoms with Crippen molar-refractivity contribution in [2.75, 3.05) is 19.8 Å². The summed E-state index contributed by atoms with van der Waals surface area (Å²) in [6.07, 6.45) is 9.27. The highest BCUT2D eigenvalue weighted by molar-refractivity contribution is 5.99. The molecular weight excluding hydrogens is 334 g/mol. The summed E-state index contributed by atoms with van der Waals surface area (Å²) < 4.78 is 12.8. The van der Waals surface area contributed by atoms with Gasteiger partial charge in [-0.2, -0.15) is 5.10 Å². The van der Waals surface area contributed by atoms with Gasteiger partial charge in [-0.25, -0.2) is 9.50 Å². The first-order chi connectivity index (χ1) is 12.8. The molecule has 1 aliphatic rings. The molecule has 0 radical (unpaired) electrons. The fourth-order valence-corrected chi connectivity index (χ4v) is 2.87. The first-order valence-corrected chi connectivity index (χ1v) is 8.51. The lowest BCUT2D eigenvalue weighted by Crippen LogP contribution is -2.23. The topological polar surface area (TPSA) is 90.6 Å². The highest BCUT2D eigenvalue weighted by Gasteiger charge is 2.18. The molecule has 3 aromatic rings. The maximum Gasteiger partial charge on any atom is 0.257 e. The molecule has 1 fully saturated rings. The standard InChI is InChI=1S/C18H19N5O3/c24-18(15-9-22-23-6-1-4-20-17(15)23)21-8-14-2-5-19-10-16(14)26-12-13-3-7-25-11-13/h1-2,4-6,9-10,13H,3,7-8,11-12H2,(H,21,24). The molecule has 3 aromatic heterocycles. The van der Waals surface area contributed by atoms with Crippen molar-refractivity contribution in [3.8, 4) is 5.75 Å². The average Bonchev–Trinajstić information content (AvgIpc) is 3.34. The molecule has 4 heterocycles. The Morgan fingerprint density at radius 2 is 2.35 bits per heavy atom. The van der Waals surface area contributed by atoms with E-state index in [0.717, 1.165) is 25.2 Å². The molecule has 0 spiro atoms. The molecule has 1 aliphatic heterocycles. The van der Waals surface area contributed by atoms with Crippen LogP contribution in [0.1, 0.15) is 22.3 Å². The zero-order valence-electron chi connectivity index (χ0n) is 14.2. The van der Waals surface area contributed by atoms with E-state index in [1.54, 1.807) is 35.4 Å². The van der Waals surface area contributed by atoms with Crippen LogP contribution in [0.15, 0.2) is 43.1 Å². The summed E-state index contributed by atoms with van der Waals surface area (Å²) in [5.41, 5.74) is 1.83. The first-order valence-electron chi connectivity index (χ1n) is 8.51. The number of hydrogen-bond acceptors (Lipinski definition) is 6. The van der Waals surface area contributed by atoms with Crippen LogP contribution in [-0.4, -0.2) is 45.3 Å². The van der Waals surface area contributed by atoms with Crippen molar-refractivity contribution >= 4 is 11.6 Å². The molecule has 1 saturated heterocycles. The van der Waals surface area contributed by atoms with E-state index >= 15 is 0 Å². The second kappa shape index (κ2) is 7.49. The van der Waals surface area contributed by atoms with Crippen molar-refractivity contribution in [3.05, 3.63) is 54.2 Å². The number of ether oxygens (including phenoxy) is 2. The van der Waals surface area contributed by atoms with E-state index in [0.29, 0.717) is 36.0 Å². The Labute approximate surface area is 150 Å². The van der Waals surface area contributed by atoms with Gasteiger partial charge in [0.1, 0.15) is 11.3 Å². The molecule has 4 rings (SSSR count). The summed E-state index contributed by atoms with van der Waals surface area (Å²) >= 11 is 0. The molecule has 8 nitrogen and oxygen atoms in total. The van der Waals surface area contributed by atoms with Gasteiger partial charge in [0, 0.05) is 43.2 Å². The van der Waals surface area contributed by atoms with Crippen molar-refractivity contribution in [3.63, 3.8) is 0 Å². The number of pyridine rings is 1. The Morgan fingerprint density at radius 1 is 1.38 bits per heavy atom. The molecule has 1 unspecified atom stereocenters. The normalized spacial score (nSPS) is 16.7. The summed E-state index contributed by atoms with van der Waals surface area (Å²) in [4.78, 5) is 20.8. The number of amides is 1. The number of carbonyl (C=O) groups excluding carboxylic acids is 1. The van der Waals surface area contributed by atoms with E-state index in [-0.39, 0.29) is 5.91 Å². The Hall–Kier alpha value is -3.00. The van der Waals surface area contributed by atoms with E-state index in [4.69, 9.17) is 9.47 Å². The summed E-state index contributed by atoms with van der Waals surface area (Å²) in [5.74, 6) is 0.853. The maximum absolute atomic E-state index is 12.5. The van der Waals surface area contributed by atoms with Crippen LogP contribution >= 0.6 is 0 Å². The van der Waals surface area contributed by atoms with Crippen LogP contribution in [0.2, 0.25) is 0 Å². The maximum atomic E-state index is 12.5. The average molecular weight is 353 g/mol. The molecular formula is C18H19N5O3. The van der Waals surface area contributed by atoms with Crippen molar-refractivity contribution < 1.29 is 14.3 Å². The highest BCUT2D eigenvalue weighted by atomic mass is 16.5. The number of fused-ring (bicyclic) bond motifs is 1. The van der Waals surface area contributed by atoms with Crippen LogP contribution in [0, 0.1) is 5.92 Å². The van der Waals surface area contributed by atoms with Crippen molar-refractivity contribution in [1.82, 2.24) is 24.9 Å². The predicted molar refractivity (Wildman–Crippen MR) is 92.8 cm³/mol. The number of aromatic nitrogens is 4. The summed E-state index contributed by atoms with van der Waals surface area (Å²) in [6, 6.07) is 3.60. The van der Waals surface area contributed by atoms with Gasteiger partial charge >= 0.3 is 0 Å². The Bertz CT molecular complexity index is 904. The summed E-state index contributed by atoms with van der Waals surface area (Å²) in [5, 5.41) is 7.03. The molecule has 0 saturated carbocycles. The summed E-state index contributed by atoms with van der Waals surface area (Å²) in [6.45, 7) is 2.44. The number of hydrogen-bond donors (Lipinski definition) is 1. The van der Waals surface area contributed by atoms with Crippen LogP contribution in [0.3, 0.4) is 0 Å². The minimum absolute atomic E-state index is 0.231. The molecule has 1 atom stereocenters. The lowest BCUT2D eigenvalue weighted by atomic mass is 10.1. The lowest BCUT2D eigenvalue weighted by molar-refractivity contribution is 0.0952. The van der Waals surface area contributed by atoms with Crippen molar-refractivity contribution in [2.24, 2.45) is 5.92 Å². The third-order valence-corrected chi connectivity index (χ3v) is 4.33. The molecule has 0 aliphatic carbocycles. The molecule has 1 amide bonds. The van der Waals surface area contributed by atoms with Gasteiger partial charge in [0.25, 0.3) is 5.91 Å². The number of nitrogens with one attached hydrogen (secondary N) is 1. The fourth-order valence-electron chi connectivity index (χ4n) is 2.87. The Balaban J connectivity index is 1.41. The third-order valence-electron chi connectivity index (χ3n) is 4.33. The molecule has 0 aromatic carbocycles. The van der Waals surface area contributed by atoms with Gasteiger partial charge in [0.05, 0.1) is 25.6 Å². The minimum atomic E-state index is -0.231. The molecule has 26 heavy (non-hydrogen) atoms. The Morgan fingerprint density at radius 3 is 3.23 bits per heavy atom. The van der Waals surface area contributed by atoms with Gasteiger partial charge < -0.3 is 14.8 Å². The van der Waals surface area contributed by atoms with Crippen LogP contribution in [-0.2, 0) is 11.3 Å². The van der Waals surface area contributed by atoms with Crippen LogP contribution < -0.4 is 10.1 Å². The monoisotopic (exact) mass is 353 g/mol. The van der Waals surface area contributed by atoms with Gasteiger partial charge in [-0.1, -0.05) is 0 Å². The molecule has 1 N–H and O–H groups in total. The number of nitrogens with zero attached hydrogens (tertiary/aromatic N) is 4. The fraction of sp³-hybridized carbons (Fsp3) is 0.333. The zero-order chi connectivity index (χ0) is 17.8. The zero-order valence-corrected chi connectivity index (χ0v) is 14.2. The van der Waals surface area contributed by atoms with E-state index < -0.39 is 0 Å². The van der Waals surface area contributed by atoms with E-state index in [2.05, 4.69) is 20.4 Å². The number of carbonyl (C=O) groups is 1. The number of rotatable bonds is 6. The van der Waals surface area contributed by atoms with Crippen LogP contribution in [0.5, 0.6) is 5.75 Å². The molecule has 0 bridgehead atoms. The van der Waals surface area contributed by atoms with E-state index in [1.165, 1.54) is 6.20 Å². The van der Waals surface area contributed by atoms with E-state index in [1.807, 2.05) is 6.07 Å². The van der Waals surface area contributed by atoms with Crippen molar-refractivity contribution in [1.29, 1.82) is 0 Å².